The van der Waals surface area contributed by atoms with Gasteiger partial charge in [0, 0.05) is 35.3 Å². The third kappa shape index (κ3) is 2.80. The van der Waals surface area contributed by atoms with Gasteiger partial charge in [-0.05, 0) is 51.1 Å². The van der Waals surface area contributed by atoms with Crippen LogP contribution in [0.15, 0.2) is 52.8 Å². The van der Waals surface area contributed by atoms with E-state index in [4.69, 9.17) is 0 Å². The van der Waals surface area contributed by atoms with Gasteiger partial charge >= 0.3 is 5.97 Å². The van der Waals surface area contributed by atoms with Crippen molar-refractivity contribution in [2.45, 2.75) is 39.7 Å². The molecular formula is C25H23NO3S. The number of hydrogen-bond donors (Lipinski definition) is 1. The second kappa shape index (κ2) is 6.54. The maximum Gasteiger partial charge on any atom is 0.341 e. The topological polar surface area (TPSA) is 59.3 Å². The van der Waals surface area contributed by atoms with Crippen LogP contribution in [0, 0.1) is 5.41 Å². The van der Waals surface area contributed by atoms with Crippen LogP contribution in [-0.4, -0.2) is 15.6 Å². The van der Waals surface area contributed by atoms with Gasteiger partial charge in [0.25, 0.3) is 0 Å². The number of rotatable bonds is 2. The minimum atomic E-state index is -1.17. The molecule has 2 aromatic heterocycles. The molecule has 1 aliphatic carbocycles. The van der Waals surface area contributed by atoms with Gasteiger partial charge in [0.05, 0.1) is 0 Å². The lowest BCUT2D eigenvalue weighted by atomic mass is 9.78. The molecule has 0 unspecified atom stereocenters. The molecule has 5 rings (SSSR count). The van der Waals surface area contributed by atoms with Crippen LogP contribution >= 0.6 is 11.3 Å². The fourth-order valence-corrected chi connectivity index (χ4v) is 5.65. The molecule has 0 spiro atoms. The summed E-state index contributed by atoms with van der Waals surface area (Å²) in [6, 6.07) is 12.3. The summed E-state index contributed by atoms with van der Waals surface area (Å²) in [7, 11) is 0. The highest BCUT2D eigenvalue weighted by Gasteiger charge is 2.38. The molecule has 4 nitrogen and oxygen atoms in total. The van der Waals surface area contributed by atoms with Gasteiger partial charge in [0.15, 0.2) is 5.43 Å². The van der Waals surface area contributed by atoms with E-state index < -0.39 is 11.4 Å². The Morgan fingerprint density at radius 3 is 2.57 bits per heavy atom. The first kappa shape index (κ1) is 19.1. The first-order valence-corrected chi connectivity index (χ1v) is 11.0. The van der Waals surface area contributed by atoms with E-state index in [2.05, 4.69) is 56.5 Å². The summed E-state index contributed by atoms with van der Waals surface area (Å²) < 4.78 is 2.04. The lowest BCUT2D eigenvalue weighted by Gasteiger charge is -2.39. The highest BCUT2D eigenvalue weighted by molar-refractivity contribution is 7.13. The van der Waals surface area contributed by atoms with Crippen LogP contribution < -0.4 is 5.43 Å². The molecule has 3 aromatic rings. The van der Waals surface area contributed by atoms with Crippen molar-refractivity contribution >= 4 is 28.5 Å². The fraction of sp³-hybridized carbons (Fsp3) is 0.280. The normalized spacial score (nSPS) is 17.5. The molecule has 0 saturated carbocycles. The van der Waals surface area contributed by atoms with Gasteiger partial charge in [-0.1, -0.05) is 45.0 Å². The summed E-state index contributed by atoms with van der Waals surface area (Å²) in [5, 5.41) is 11.6. The number of thiophene rings is 1. The third-order valence-electron chi connectivity index (χ3n) is 6.36. The number of carbonyl (C=O) groups is 1. The summed E-state index contributed by atoms with van der Waals surface area (Å²) in [6.07, 6.45) is 3.15. The van der Waals surface area contributed by atoms with Gasteiger partial charge in [0.1, 0.15) is 5.56 Å². The van der Waals surface area contributed by atoms with Crippen LogP contribution in [0.25, 0.3) is 21.6 Å². The Balaban J connectivity index is 1.73. The van der Waals surface area contributed by atoms with Crippen LogP contribution in [0.3, 0.4) is 0 Å². The maximum absolute atomic E-state index is 12.6. The number of allylic oxidation sites excluding steroid dienone is 2. The molecule has 3 heterocycles. The lowest BCUT2D eigenvalue weighted by molar-refractivity contribution is 0.0693. The molecule has 5 heteroatoms. The van der Waals surface area contributed by atoms with Crippen molar-refractivity contribution in [3.05, 3.63) is 80.6 Å². The zero-order chi connectivity index (χ0) is 21.2. The van der Waals surface area contributed by atoms with Crippen LogP contribution in [0.5, 0.6) is 0 Å². The summed E-state index contributed by atoms with van der Waals surface area (Å²) in [5.74, 6) is -1.17. The minimum absolute atomic E-state index is 0.0706. The number of pyridine rings is 1. The standard InChI is InChI=1S/C25H23NO3S/c1-25(2,3)23-11-17-14-6-4-7-15(22-8-5-9-30-22)16(14)10-18(17)20-12-21(27)19(24(28)29)13-26(20)23/h4-9,12-13,23H,10-11H2,1-3H3,(H,28,29)/t23-/m0/s1. The largest absolute Gasteiger partial charge is 0.477 e. The number of hydrogen-bond acceptors (Lipinski definition) is 3. The van der Waals surface area contributed by atoms with Crippen molar-refractivity contribution in [3.63, 3.8) is 0 Å². The van der Waals surface area contributed by atoms with Crippen LogP contribution in [-0.2, 0) is 6.42 Å². The van der Waals surface area contributed by atoms with Gasteiger partial charge in [0.2, 0.25) is 0 Å². The van der Waals surface area contributed by atoms with Crippen molar-refractivity contribution < 1.29 is 9.90 Å². The van der Waals surface area contributed by atoms with Crippen molar-refractivity contribution in [2.24, 2.45) is 5.41 Å². The summed E-state index contributed by atoms with van der Waals surface area (Å²) in [6.45, 7) is 6.51. The van der Waals surface area contributed by atoms with Gasteiger partial charge < -0.3 is 9.67 Å². The van der Waals surface area contributed by atoms with Crippen LogP contribution in [0.1, 0.15) is 60.4 Å². The van der Waals surface area contributed by atoms with E-state index in [-0.39, 0.29) is 17.0 Å². The van der Waals surface area contributed by atoms with E-state index in [0.717, 1.165) is 24.1 Å². The van der Waals surface area contributed by atoms with Gasteiger partial charge in [-0.25, -0.2) is 4.79 Å². The quantitative estimate of drug-likeness (QED) is 0.579. The lowest BCUT2D eigenvalue weighted by Crippen LogP contribution is -2.32. The highest BCUT2D eigenvalue weighted by Crippen LogP contribution is 2.52. The Morgan fingerprint density at radius 2 is 1.90 bits per heavy atom. The smallest absolute Gasteiger partial charge is 0.341 e. The number of carboxylic acids is 1. The van der Waals surface area contributed by atoms with E-state index in [1.54, 1.807) is 17.5 Å². The van der Waals surface area contributed by atoms with E-state index >= 15 is 0 Å². The van der Waals surface area contributed by atoms with Gasteiger partial charge in [-0.15, -0.1) is 11.3 Å². The summed E-state index contributed by atoms with van der Waals surface area (Å²) in [5.41, 5.74) is 6.46. The monoisotopic (exact) mass is 417 g/mol. The molecule has 2 aliphatic rings. The second-order valence-corrected chi connectivity index (χ2v) is 10.1. The van der Waals surface area contributed by atoms with E-state index in [0.29, 0.717) is 0 Å². The Labute approximate surface area is 179 Å². The Kier molecular flexibility index (Phi) is 4.16. The van der Waals surface area contributed by atoms with E-state index in [9.17, 15) is 14.7 Å². The maximum atomic E-state index is 12.6. The van der Waals surface area contributed by atoms with Crippen LogP contribution in [0.4, 0.5) is 0 Å². The Bertz CT molecular complexity index is 1270. The number of aromatic nitrogens is 1. The molecule has 1 aliphatic heterocycles. The summed E-state index contributed by atoms with van der Waals surface area (Å²) in [4.78, 5) is 25.5. The predicted octanol–water partition coefficient (Wildman–Crippen LogP) is 5.73. The molecule has 152 valence electrons. The average molecular weight is 418 g/mol. The molecule has 0 amide bonds. The van der Waals surface area contributed by atoms with Crippen molar-refractivity contribution in [1.82, 2.24) is 4.57 Å². The molecule has 30 heavy (non-hydrogen) atoms. The second-order valence-electron chi connectivity index (χ2n) is 9.18. The fourth-order valence-electron chi connectivity index (χ4n) is 4.87. The first-order valence-electron chi connectivity index (χ1n) is 10.1. The summed E-state index contributed by atoms with van der Waals surface area (Å²) >= 11 is 1.73. The van der Waals surface area contributed by atoms with Crippen molar-refractivity contribution in [2.75, 3.05) is 0 Å². The Hall–Kier alpha value is -2.92. The average Bonchev–Trinajstić information content (AvgIpc) is 3.33. The van der Waals surface area contributed by atoms with E-state index in [1.165, 1.54) is 33.2 Å². The Morgan fingerprint density at radius 1 is 1.13 bits per heavy atom. The molecule has 0 fully saturated rings. The zero-order valence-corrected chi connectivity index (χ0v) is 18.0. The molecule has 1 N–H and O–H groups in total. The molecule has 0 radical (unpaired) electrons. The van der Waals surface area contributed by atoms with E-state index in [1.807, 2.05) is 4.57 Å². The number of nitrogens with zero attached hydrogens (tertiary/aromatic N) is 1. The third-order valence-corrected chi connectivity index (χ3v) is 7.26. The molecule has 1 aromatic carbocycles. The van der Waals surface area contributed by atoms with Crippen molar-refractivity contribution in [1.29, 1.82) is 0 Å². The zero-order valence-electron chi connectivity index (χ0n) is 17.2. The van der Waals surface area contributed by atoms with Crippen LogP contribution in [0.2, 0.25) is 0 Å². The molecule has 0 bridgehead atoms. The number of aromatic carboxylic acids is 1. The first-order chi connectivity index (χ1) is 14.3. The van der Waals surface area contributed by atoms with Crippen molar-refractivity contribution in [3.8, 4) is 10.4 Å². The molecule has 0 saturated heterocycles. The number of benzene rings is 1. The highest BCUT2D eigenvalue weighted by atomic mass is 32.1. The number of carboxylic acid groups (broad SMARTS) is 1. The molecule has 1 atom stereocenters. The van der Waals surface area contributed by atoms with Gasteiger partial charge in [-0.3, -0.25) is 4.79 Å². The SMILES string of the molecule is CC(C)(C)[C@@H]1CC2=C(Cc3c2cccc3-c2cccs2)c2cc(=O)c(C(=O)O)cn21. The number of fused-ring (bicyclic) bond motifs is 4. The molecular weight excluding hydrogens is 394 g/mol. The minimum Gasteiger partial charge on any atom is -0.477 e. The van der Waals surface area contributed by atoms with Gasteiger partial charge in [-0.2, -0.15) is 0 Å². The predicted molar refractivity (Wildman–Crippen MR) is 121 cm³/mol.